The molecule has 5 heterocycles. The highest BCUT2D eigenvalue weighted by Gasteiger charge is 2.47. The minimum atomic E-state index is -2.90. The first-order valence-corrected chi connectivity index (χ1v) is 11.1. The van der Waals surface area contributed by atoms with E-state index in [1.54, 1.807) is 30.5 Å². The van der Waals surface area contributed by atoms with Crippen LogP contribution in [0.25, 0.3) is 11.0 Å². The zero-order valence-corrected chi connectivity index (χ0v) is 17.9. The van der Waals surface area contributed by atoms with Gasteiger partial charge in [0.05, 0.1) is 41.6 Å². The smallest absolute Gasteiger partial charge is 0.289 e. The maximum Gasteiger partial charge on any atom is 0.289 e. The van der Waals surface area contributed by atoms with Gasteiger partial charge in [0.25, 0.3) is 12.1 Å². The first kappa shape index (κ1) is 20.5. The molecule has 0 atom stereocenters. The van der Waals surface area contributed by atoms with Crippen LogP contribution in [0.15, 0.2) is 40.4 Å². The van der Waals surface area contributed by atoms with Crippen LogP contribution in [0.1, 0.15) is 24.6 Å². The summed E-state index contributed by atoms with van der Waals surface area (Å²) in [6.45, 7) is 3.45. The van der Waals surface area contributed by atoms with E-state index in [1.165, 1.54) is 0 Å². The van der Waals surface area contributed by atoms with E-state index in [1.807, 2.05) is 9.58 Å². The molecule has 33 heavy (non-hydrogen) atoms. The van der Waals surface area contributed by atoms with E-state index in [0.717, 1.165) is 12.8 Å². The molecule has 2 fully saturated rings. The number of morpholine rings is 1. The fourth-order valence-corrected chi connectivity index (χ4v) is 4.65. The third-order valence-corrected chi connectivity index (χ3v) is 6.39. The summed E-state index contributed by atoms with van der Waals surface area (Å²) < 4.78 is 42.3. The lowest BCUT2D eigenvalue weighted by molar-refractivity contribution is 0.0558. The summed E-state index contributed by atoms with van der Waals surface area (Å²) in [4.78, 5) is 20.2. The summed E-state index contributed by atoms with van der Waals surface area (Å²) in [5.41, 5.74) is -1.54. The lowest BCUT2D eigenvalue weighted by Gasteiger charge is -2.29. The maximum absolute atomic E-state index is 14.8. The Labute approximate surface area is 187 Å². The number of para-hydroxylation sites is 2. The van der Waals surface area contributed by atoms with Crippen molar-refractivity contribution in [1.29, 1.82) is 0 Å². The van der Waals surface area contributed by atoms with Crippen LogP contribution in [0.5, 0.6) is 0 Å². The average Bonchev–Trinajstić information content (AvgIpc) is 3.47. The second-order valence-corrected chi connectivity index (χ2v) is 8.38. The molecule has 0 amide bonds. The third kappa shape index (κ3) is 3.37. The highest BCUT2D eigenvalue weighted by molar-refractivity contribution is 5.80. The van der Waals surface area contributed by atoms with Gasteiger partial charge >= 0.3 is 0 Å². The minimum absolute atomic E-state index is 0.0775. The molecule has 9 nitrogen and oxygen atoms in total. The van der Waals surface area contributed by atoms with Gasteiger partial charge in [-0.25, -0.2) is 28.4 Å². The number of ether oxygens (including phenoxy) is 2. The standard InChI is InChI=1S/C22H23F2N7O2/c23-20(24)22(28-16-3-1-2-4-17(16)29-22)18-15-13-25-31(14-5-9-32-10-6-14)19(15)27-21(26-18)30-7-11-33-12-8-30/h1-4,13-14,20H,5-12H2. The van der Waals surface area contributed by atoms with Gasteiger partial charge in [-0.2, -0.15) is 10.1 Å². The number of hydrogen-bond acceptors (Lipinski definition) is 8. The first-order valence-electron chi connectivity index (χ1n) is 11.1. The van der Waals surface area contributed by atoms with E-state index in [0.29, 0.717) is 67.2 Å². The minimum Gasteiger partial charge on any atom is -0.381 e. The largest absolute Gasteiger partial charge is 0.381 e. The molecule has 2 aromatic heterocycles. The molecule has 11 heteroatoms. The quantitative estimate of drug-likeness (QED) is 0.591. The maximum atomic E-state index is 14.8. The number of nitrogens with zero attached hydrogens (tertiary/aromatic N) is 7. The lowest BCUT2D eigenvalue weighted by Crippen LogP contribution is -2.38. The second-order valence-electron chi connectivity index (χ2n) is 8.38. The molecule has 3 aliphatic rings. The second kappa shape index (κ2) is 8.07. The van der Waals surface area contributed by atoms with Crippen LogP contribution in [-0.2, 0) is 15.1 Å². The Morgan fingerprint density at radius 1 is 0.939 bits per heavy atom. The normalized spacial score (nSPS) is 20.6. The Hall–Kier alpha value is -3.05. The molecular formula is C22H23F2N7O2. The van der Waals surface area contributed by atoms with Crippen molar-refractivity contribution in [2.24, 2.45) is 9.98 Å². The molecule has 0 radical (unpaired) electrons. The number of aromatic nitrogens is 4. The molecule has 6 rings (SSSR count). The summed E-state index contributed by atoms with van der Waals surface area (Å²) in [5.74, 6) is 0.371. The molecule has 0 unspecified atom stereocenters. The van der Waals surface area contributed by atoms with Crippen molar-refractivity contribution >= 4 is 17.0 Å². The number of benzene rings is 1. The van der Waals surface area contributed by atoms with Crippen LogP contribution >= 0.6 is 0 Å². The van der Waals surface area contributed by atoms with Crippen molar-refractivity contribution in [2.75, 3.05) is 44.4 Å². The number of anilines is 1. The third-order valence-electron chi connectivity index (χ3n) is 6.39. The van der Waals surface area contributed by atoms with Crippen LogP contribution < -0.4 is 15.6 Å². The summed E-state index contributed by atoms with van der Waals surface area (Å²) in [6.07, 6.45) is 0.236. The molecule has 0 spiro atoms. The van der Waals surface area contributed by atoms with Crippen LogP contribution in [0, 0.1) is 0 Å². The van der Waals surface area contributed by atoms with E-state index in [2.05, 4.69) is 20.1 Å². The number of alkyl halides is 2. The van der Waals surface area contributed by atoms with Crippen molar-refractivity contribution in [3.05, 3.63) is 46.9 Å². The van der Waals surface area contributed by atoms with Gasteiger partial charge in [-0.15, -0.1) is 0 Å². The summed E-state index contributed by atoms with van der Waals surface area (Å²) in [6, 6.07) is 6.98. The van der Waals surface area contributed by atoms with Crippen LogP contribution in [0.4, 0.5) is 14.7 Å². The molecule has 2 saturated heterocycles. The van der Waals surface area contributed by atoms with E-state index in [-0.39, 0.29) is 11.7 Å². The molecule has 0 bridgehead atoms. The van der Waals surface area contributed by atoms with Gasteiger partial charge in [0.1, 0.15) is 5.69 Å². The van der Waals surface area contributed by atoms with Gasteiger partial charge in [0.2, 0.25) is 5.95 Å². The Kier molecular flexibility index (Phi) is 5.02. The van der Waals surface area contributed by atoms with Crippen molar-refractivity contribution in [2.45, 2.75) is 31.0 Å². The van der Waals surface area contributed by atoms with Crippen molar-refractivity contribution in [3.8, 4) is 0 Å². The Bertz CT molecular complexity index is 1260. The summed E-state index contributed by atoms with van der Waals surface area (Å²) in [5, 5.41) is 5.86. The number of halogens is 2. The SMILES string of the molecule is FC(F)C1(c2nc(N3CCOCC3)nc3c2cnn3C2CCOCC2)N=c2ccccc2=N1. The van der Waals surface area contributed by atoms with Gasteiger partial charge < -0.3 is 14.4 Å². The molecule has 0 N–H and O–H groups in total. The monoisotopic (exact) mass is 455 g/mol. The number of hydrogen-bond donors (Lipinski definition) is 0. The van der Waals surface area contributed by atoms with E-state index in [9.17, 15) is 8.78 Å². The first-order chi connectivity index (χ1) is 16.2. The fourth-order valence-electron chi connectivity index (χ4n) is 4.65. The average molecular weight is 455 g/mol. The number of rotatable bonds is 4. The van der Waals surface area contributed by atoms with Crippen LogP contribution in [-0.4, -0.2) is 65.7 Å². The zero-order chi connectivity index (χ0) is 22.4. The molecule has 3 aromatic rings. The van der Waals surface area contributed by atoms with Crippen molar-refractivity contribution in [3.63, 3.8) is 0 Å². The number of fused-ring (bicyclic) bond motifs is 2. The van der Waals surface area contributed by atoms with Gasteiger partial charge in [0.15, 0.2) is 5.65 Å². The predicted octanol–water partition coefficient (Wildman–Crippen LogP) is 1.39. The van der Waals surface area contributed by atoms with Crippen LogP contribution in [0.2, 0.25) is 0 Å². The Balaban J connectivity index is 1.59. The van der Waals surface area contributed by atoms with Gasteiger partial charge in [-0.3, -0.25) is 0 Å². The van der Waals surface area contributed by atoms with Gasteiger partial charge in [-0.05, 0) is 25.0 Å². The van der Waals surface area contributed by atoms with Crippen LogP contribution in [0.3, 0.4) is 0 Å². The fraction of sp³-hybridized carbons (Fsp3) is 0.500. The van der Waals surface area contributed by atoms with E-state index in [4.69, 9.17) is 14.5 Å². The Morgan fingerprint density at radius 3 is 2.27 bits per heavy atom. The van der Waals surface area contributed by atoms with Crippen molar-refractivity contribution < 1.29 is 18.3 Å². The Morgan fingerprint density at radius 2 is 1.61 bits per heavy atom. The molecule has 0 saturated carbocycles. The molecule has 3 aliphatic heterocycles. The summed E-state index contributed by atoms with van der Waals surface area (Å²) in [7, 11) is 0. The molecule has 172 valence electrons. The van der Waals surface area contributed by atoms with Crippen molar-refractivity contribution in [1.82, 2.24) is 19.7 Å². The summed E-state index contributed by atoms with van der Waals surface area (Å²) >= 11 is 0. The highest BCUT2D eigenvalue weighted by atomic mass is 19.3. The van der Waals surface area contributed by atoms with Gasteiger partial charge in [-0.1, -0.05) is 12.1 Å². The van der Waals surface area contributed by atoms with Gasteiger partial charge in [0, 0.05) is 26.3 Å². The highest BCUT2D eigenvalue weighted by Crippen LogP contribution is 2.39. The topological polar surface area (TPSA) is 90.0 Å². The lowest BCUT2D eigenvalue weighted by atomic mass is 10.0. The molecule has 1 aromatic carbocycles. The predicted molar refractivity (Wildman–Crippen MR) is 114 cm³/mol. The van der Waals surface area contributed by atoms with E-state index < -0.39 is 12.1 Å². The zero-order valence-electron chi connectivity index (χ0n) is 17.9. The van der Waals surface area contributed by atoms with E-state index >= 15 is 0 Å². The molecular weight excluding hydrogens is 432 g/mol. The molecule has 0 aliphatic carbocycles.